The molecule has 0 saturated carbocycles. The SMILES string of the molecule is CC(CCN)C(=O)Nc1cccc(CCC(=O)O)c1. The van der Waals surface area contributed by atoms with Crippen molar-refractivity contribution in [1.29, 1.82) is 0 Å². The number of hydrogen-bond donors (Lipinski definition) is 3. The fraction of sp³-hybridized carbons (Fsp3) is 0.429. The van der Waals surface area contributed by atoms with E-state index in [0.29, 0.717) is 25.1 Å². The third-order valence-electron chi connectivity index (χ3n) is 2.87. The molecule has 1 rings (SSSR count). The van der Waals surface area contributed by atoms with Crippen LogP contribution in [0, 0.1) is 5.92 Å². The highest BCUT2D eigenvalue weighted by molar-refractivity contribution is 5.92. The Morgan fingerprint density at radius 1 is 1.42 bits per heavy atom. The summed E-state index contributed by atoms with van der Waals surface area (Å²) < 4.78 is 0. The van der Waals surface area contributed by atoms with Gasteiger partial charge >= 0.3 is 5.97 Å². The summed E-state index contributed by atoms with van der Waals surface area (Å²) in [6.07, 6.45) is 1.18. The number of anilines is 1. The largest absolute Gasteiger partial charge is 0.481 e. The Bertz CT molecular complexity index is 446. The molecule has 0 spiro atoms. The molecule has 0 bridgehead atoms. The lowest BCUT2D eigenvalue weighted by molar-refractivity contribution is -0.137. The molecule has 104 valence electrons. The number of benzene rings is 1. The summed E-state index contributed by atoms with van der Waals surface area (Å²) in [6.45, 7) is 2.31. The van der Waals surface area contributed by atoms with E-state index >= 15 is 0 Å². The van der Waals surface area contributed by atoms with Crippen LogP contribution in [0.15, 0.2) is 24.3 Å². The minimum absolute atomic E-state index is 0.0687. The lowest BCUT2D eigenvalue weighted by Crippen LogP contribution is -2.22. The summed E-state index contributed by atoms with van der Waals surface area (Å²) in [5.74, 6) is -1.03. The van der Waals surface area contributed by atoms with E-state index in [-0.39, 0.29) is 18.2 Å². The Labute approximate surface area is 112 Å². The first-order valence-corrected chi connectivity index (χ1v) is 6.34. The Morgan fingerprint density at radius 2 is 2.16 bits per heavy atom. The first kappa shape index (κ1) is 15.2. The standard InChI is InChI=1S/C14H20N2O3/c1-10(7-8-15)14(19)16-12-4-2-3-11(9-12)5-6-13(17)18/h2-4,9-10H,5-8,15H2,1H3,(H,16,19)(H,17,18). The molecule has 0 aliphatic heterocycles. The molecule has 1 aromatic rings. The predicted octanol–water partition coefficient (Wildman–Crippen LogP) is 1.63. The lowest BCUT2D eigenvalue weighted by atomic mass is 10.1. The van der Waals surface area contributed by atoms with Crippen LogP contribution in [0.3, 0.4) is 0 Å². The van der Waals surface area contributed by atoms with Gasteiger partial charge in [0.25, 0.3) is 0 Å². The van der Waals surface area contributed by atoms with Crippen molar-refractivity contribution in [2.75, 3.05) is 11.9 Å². The number of carboxylic acids is 1. The van der Waals surface area contributed by atoms with Gasteiger partial charge in [-0.2, -0.15) is 0 Å². The highest BCUT2D eigenvalue weighted by atomic mass is 16.4. The quantitative estimate of drug-likeness (QED) is 0.697. The van der Waals surface area contributed by atoms with E-state index in [0.717, 1.165) is 5.56 Å². The number of carbonyl (C=O) groups is 2. The van der Waals surface area contributed by atoms with E-state index < -0.39 is 5.97 Å². The van der Waals surface area contributed by atoms with Crippen molar-refractivity contribution in [3.05, 3.63) is 29.8 Å². The van der Waals surface area contributed by atoms with Crippen molar-refractivity contribution < 1.29 is 14.7 Å². The van der Waals surface area contributed by atoms with E-state index in [2.05, 4.69) is 5.32 Å². The van der Waals surface area contributed by atoms with Crippen LogP contribution in [0.1, 0.15) is 25.3 Å². The van der Waals surface area contributed by atoms with Crippen molar-refractivity contribution in [3.8, 4) is 0 Å². The van der Waals surface area contributed by atoms with Crippen LogP contribution in [-0.2, 0) is 16.0 Å². The highest BCUT2D eigenvalue weighted by Gasteiger charge is 2.12. The normalized spacial score (nSPS) is 11.9. The van der Waals surface area contributed by atoms with Gasteiger partial charge in [-0.25, -0.2) is 0 Å². The zero-order chi connectivity index (χ0) is 14.3. The monoisotopic (exact) mass is 264 g/mol. The van der Waals surface area contributed by atoms with E-state index in [9.17, 15) is 9.59 Å². The number of aryl methyl sites for hydroxylation is 1. The van der Waals surface area contributed by atoms with Crippen LogP contribution in [0.2, 0.25) is 0 Å². The topological polar surface area (TPSA) is 92.4 Å². The van der Waals surface area contributed by atoms with Crippen molar-refractivity contribution in [2.24, 2.45) is 11.7 Å². The van der Waals surface area contributed by atoms with Gasteiger partial charge in [-0.05, 0) is 37.1 Å². The van der Waals surface area contributed by atoms with E-state index in [1.165, 1.54) is 0 Å². The second kappa shape index (κ2) is 7.53. The zero-order valence-corrected chi connectivity index (χ0v) is 11.1. The third kappa shape index (κ3) is 5.52. The van der Waals surface area contributed by atoms with Crippen molar-refractivity contribution in [2.45, 2.75) is 26.2 Å². The van der Waals surface area contributed by atoms with Crippen molar-refractivity contribution in [3.63, 3.8) is 0 Å². The number of amides is 1. The van der Waals surface area contributed by atoms with Gasteiger partial charge in [0, 0.05) is 18.0 Å². The fourth-order valence-electron chi connectivity index (χ4n) is 1.70. The average molecular weight is 264 g/mol. The van der Waals surface area contributed by atoms with Gasteiger partial charge < -0.3 is 16.2 Å². The molecule has 0 heterocycles. The molecule has 1 amide bonds. The number of nitrogens with one attached hydrogen (secondary N) is 1. The molecule has 0 aliphatic carbocycles. The molecule has 1 aromatic carbocycles. The maximum absolute atomic E-state index is 11.8. The Morgan fingerprint density at radius 3 is 2.79 bits per heavy atom. The molecule has 0 aliphatic rings. The summed E-state index contributed by atoms with van der Waals surface area (Å²) in [7, 11) is 0. The van der Waals surface area contributed by atoms with Gasteiger partial charge in [0.05, 0.1) is 0 Å². The van der Waals surface area contributed by atoms with Gasteiger partial charge in [0.15, 0.2) is 0 Å². The number of carboxylic acid groups (broad SMARTS) is 1. The van der Waals surface area contributed by atoms with E-state index in [1.807, 2.05) is 13.0 Å². The lowest BCUT2D eigenvalue weighted by Gasteiger charge is -2.11. The van der Waals surface area contributed by atoms with Gasteiger partial charge in [0.1, 0.15) is 0 Å². The second-order valence-corrected chi connectivity index (χ2v) is 4.56. The van der Waals surface area contributed by atoms with Gasteiger partial charge in [-0.3, -0.25) is 9.59 Å². The Balaban J connectivity index is 2.61. The number of carbonyl (C=O) groups excluding carboxylic acids is 1. The molecule has 19 heavy (non-hydrogen) atoms. The third-order valence-corrected chi connectivity index (χ3v) is 2.87. The molecule has 5 heteroatoms. The van der Waals surface area contributed by atoms with Crippen LogP contribution < -0.4 is 11.1 Å². The van der Waals surface area contributed by atoms with Crippen LogP contribution in [0.25, 0.3) is 0 Å². The van der Waals surface area contributed by atoms with Gasteiger partial charge in [-0.15, -0.1) is 0 Å². The summed E-state index contributed by atoms with van der Waals surface area (Å²) in [6, 6.07) is 7.25. The summed E-state index contributed by atoms with van der Waals surface area (Å²) in [5, 5.41) is 11.5. The minimum Gasteiger partial charge on any atom is -0.481 e. The maximum Gasteiger partial charge on any atom is 0.303 e. The smallest absolute Gasteiger partial charge is 0.303 e. The molecule has 1 atom stereocenters. The number of nitrogens with two attached hydrogens (primary N) is 1. The summed E-state index contributed by atoms with van der Waals surface area (Å²) >= 11 is 0. The van der Waals surface area contributed by atoms with Crippen molar-refractivity contribution in [1.82, 2.24) is 0 Å². The first-order valence-electron chi connectivity index (χ1n) is 6.34. The highest BCUT2D eigenvalue weighted by Crippen LogP contribution is 2.14. The number of aliphatic carboxylic acids is 1. The average Bonchev–Trinajstić information content (AvgIpc) is 2.37. The molecule has 4 N–H and O–H groups in total. The molecule has 0 saturated heterocycles. The van der Waals surface area contributed by atoms with Crippen LogP contribution in [0.4, 0.5) is 5.69 Å². The van der Waals surface area contributed by atoms with Crippen LogP contribution in [0.5, 0.6) is 0 Å². The zero-order valence-electron chi connectivity index (χ0n) is 11.1. The maximum atomic E-state index is 11.8. The predicted molar refractivity (Wildman–Crippen MR) is 73.9 cm³/mol. The van der Waals surface area contributed by atoms with Gasteiger partial charge in [-0.1, -0.05) is 19.1 Å². The number of rotatable bonds is 7. The Kier molecular flexibility index (Phi) is 6.02. The fourth-order valence-corrected chi connectivity index (χ4v) is 1.70. The molecule has 5 nitrogen and oxygen atoms in total. The number of hydrogen-bond acceptors (Lipinski definition) is 3. The molecular weight excluding hydrogens is 244 g/mol. The molecule has 1 unspecified atom stereocenters. The Hall–Kier alpha value is -1.88. The van der Waals surface area contributed by atoms with Crippen molar-refractivity contribution >= 4 is 17.6 Å². The molecule has 0 fully saturated rings. The van der Waals surface area contributed by atoms with E-state index in [4.69, 9.17) is 10.8 Å². The second-order valence-electron chi connectivity index (χ2n) is 4.56. The molecular formula is C14H20N2O3. The van der Waals surface area contributed by atoms with Crippen LogP contribution in [-0.4, -0.2) is 23.5 Å². The molecule has 0 aromatic heterocycles. The summed E-state index contributed by atoms with van der Waals surface area (Å²) in [5.41, 5.74) is 7.00. The van der Waals surface area contributed by atoms with Crippen LogP contribution >= 0.6 is 0 Å². The molecule has 0 radical (unpaired) electrons. The van der Waals surface area contributed by atoms with E-state index in [1.54, 1.807) is 18.2 Å². The summed E-state index contributed by atoms with van der Waals surface area (Å²) in [4.78, 5) is 22.3. The minimum atomic E-state index is -0.828. The van der Waals surface area contributed by atoms with Gasteiger partial charge in [0.2, 0.25) is 5.91 Å². The first-order chi connectivity index (χ1) is 9.02.